The lowest BCUT2D eigenvalue weighted by Gasteiger charge is -2.24. The number of carbonyl (C=O) groups excluding carboxylic acids is 2. The number of halogens is 1. The summed E-state index contributed by atoms with van der Waals surface area (Å²) in [7, 11) is 0. The van der Waals surface area contributed by atoms with Crippen molar-refractivity contribution in [3.05, 3.63) is 78.2 Å². The summed E-state index contributed by atoms with van der Waals surface area (Å²) in [6.07, 6.45) is -1.96. The predicted octanol–water partition coefficient (Wildman–Crippen LogP) is 5.07. The molecule has 0 aliphatic rings. The maximum Gasteiger partial charge on any atom is 0.408 e. The molecular weight excluding hydrogens is 451 g/mol. The van der Waals surface area contributed by atoms with Gasteiger partial charge in [0.15, 0.2) is 5.78 Å². The fourth-order valence-electron chi connectivity index (χ4n) is 3.26. The maximum absolute atomic E-state index is 13.1. The van der Waals surface area contributed by atoms with Crippen molar-refractivity contribution in [1.82, 2.24) is 10.3 Å². The van der Waals surface area contributed by atoms with Gasteiger partial charge in [-0.15, -0.1) is 0 Å². The molecule has 1 unspecified atom stereocenters. The molecule has 2 aromatic carbocycles. The molecule has 7 nitrogen and oxygen atoms in total. The number of amides is 1. The van der Waals surface area contributed by atoms with Crippen molar-refractivity contribution in [1.29, 1.82) is 0 Å². The van der Waals surface area contributed by atoms with Crippen molar-refractivity contribution in [3.63, 3.8) is 0 Å². The van der Waals surface area contributed by atoms with Gasteiger partial charge in [0, 0.05) is 11.3 Å². The summed E-state index contributed by atoms with van der Waals surface area (Å²) in [5.41, 5.74) is 1.23. The van der Waals surface area contributed by atoms with Crippen LogP contribution in [0.5, 0.6) is 11.5 Å². The molecule has 2 N–H and O–H groups in total. The fraction of sp³-hybridized carbons (Fsp3) is 0.296. The Bertz CT molecular complexity index is 1160. The van der Waals surface area contributed by atoms with Gasteiger partial charge >= 0.3 is 6.09 Å². The molecule has 0 aliphatic carbocycles. The van der Waals surface area contributed by atoms with E-state index in [1.807, 2.05) is 18.2 Å². The fourth-order valence-corrected chi connectivity index (χ4v) is 3.26. The summed E-state index contributed by atoms with van der Waals surface area (Å²) in [4.78, 5) is 29.5. The van der Waals surface area contributed by atoms with E-state index in [2.05, 4.69) is 10.3 Å². The number of aliphatic hydroxyl groups is 1. The Morgan fingerprint density at radius 3 is 2.17 bits per heavy atom. The quantitative estimate of drug-likeness (QED) is 0.467. The number of ketones is 1. The second-order valence-electron chi connectivity index (χ2n) is 9.10. The molecule has 1 aromatic heterocycles. The molecule has 0 saturated heterocycles. The predicted molar refractivity (Wildman–Crippen MR) is 130 cm³/mol. The average Bonchev–Trinajstić information content (AvgIpc) is 2.78. The Morgan fingerprint density at radius 1 is 1.00 bits per heavy atom. The first-order valence-corrected chi connectivity index (χ1v) is 11.2. The van der Waals surface area contributed by atoms with Crippen LogP contribution in [0, 0.1) is 5.82 Å². The van der Waals surface area contributed by atoms with Crippen LogP contribution in [0.4, 0.5) is 9.18 Å². The Morgan fingerprint density at radius 2 is 1.60 bits per heavy atom. The number of Topliss-reactive ketones (excluding diaryl/α,β-unsaturated/α-hetero) is 1. The summed E-state index contributed by atoms with van der Waals surface area (Å²) >= 11 is 0. The van der Waals surface area contributed by atoms with Crippen molar-refractivity contribution in [2.75, 3.05) is 0 Å². The van der Waals surface area contributed by atoms with Crippen molar-refractivity contribution in [2.24, 2.45) is 0 Å². The zero-order valence-corrected chi connectivity index (χ0v) is 20.1. The third-order valence-corrected chi connectivity index (χ3v) is 4.86. The van der Waals surface area contributed by atoms with Gasteiger partial charge in [0.2, 0.25) is 0 Å². The molecule has 2 atom stereocenters. The minimum absolute atomic E-state index is 0.0784. The van der Waals surface area contributed by atoms with E-state index in [1.54, 1.807) is 57.2 Å². The van der Waals surface area contributed by atoms with Crippen LogP contribution in [0.15, 0.2) is 66.7 Å². The number of pyridine rings is 1. The zero-order valence-electron chi connectivity index (χ0n) is 20.1. The zero-order chi connectivity index (χ0) is 25.6. The highest BCUT2D eigenvalue weighted by Gasteiger charge is 2.28. The number of aromatic nitrogens is 1. The van der Waals surface area contributed by atoms with E-state index in [0.717, 1.165) is 5.56 Å². The largest absolute Gasteiger partial charge is 0.457 e. The van der Waals surface area contributed by atoms with E-state index >= 15 is 0 Å². The first-order valence-electron chi connectivity index (χ1n) is 11.2. The Labute approximate surface area is 203 Å². The van der Waals surface area contributed by atoms with Gasteiger partial charge in [0.1, 0.15) is 29.0 Å². The van der Waals surface area contributed by atoms with Crippen molar-refractivity contribution >= 4 is 11.9 Å². The van der Waals surface area contributed by atoms with Crippen LogP contribution in [-0.4, -0.2) is 39.7 Å². The van der Waals surface area contributed by atoms with Crippen molar-refractivity contribution in [2.45, 2.75) is 51.9 Å². The third kappa shape index (κ3) is 7.89. The molecule has 0 radical (unpaired) electrons. The van der Waals surface area contributed by atoms with E-state index < -0.39 is 29.6 Å². The number of ether oxygens (including phenoxy) is 2. The van der Waals surface area contributed by atoms with Crippen LogP contribution in [0.25, 0.3) is 11.3 Å². The molecule has 184 valence electrons. The number of rotatable bonds is 8. The van der Waals surface area contributed by atoms with Gasteiger partial charge in [-0.25, -0.2) is 9.18 Å². The molecule has 0 saturated carbocycles. The second kappa shape index (κ2) is 11.1. The van der Waals surface area contributed by atoms with Gasteiger partial charge < -0.3 is 19.9 Å². The van der Waals surface area contributed by atoms with Gasteiger partial charge in [-0.1, -0.05) is 6.07 Å². The molecule has 1 heterocycles. The van der Waals surface area contributed by atoms with Crippen molar-refractivity contribution in [3.8, 4) is 22.8 Å². The molecule has 3 aromatic rings. The number of hydrogen-bond donors (Lipinski definition) is 2. The topological polar surface area (TPSA) is 97.8 Å². The van der Waals surface area contributed by atoms with E-state index in [9.17, 15) is 19.1 Å². The number of nitrogens with zero attached hydrogens (tertiary/aromatic N) is 1. The molecule has 0 aliphatic heterocycles. The smallest absolute Gasteiger partial charge is 0.408 e. The van der Waals surface area contributed by atoms with Gasteiger partial charge in [-0.2, -0.15) is 0 Å². The lowest BCUT2D eigenvalue weighted by atomic mass is 10.0. The monoisotopic (exact) mass is 480 g/mol. The minimum Gasteiger partial charge on any atom is -0.457 e. The maximum atomic E-state index is 13.1. The van der Waals surface area contributed by atoms with E-state index in [4.69, 9.17) is 9.47 Å². The number of nitrogens with one attached hydrogen (secondary N) is 1. The van der Waals surface area contributed by atoms with Crippen LogP contribution >= 0.6 is 0 Å². The molecular formula is C27H29FN2O5. The number of hydrogen-bond acceptors (Lipinski definition) is 6. The molecule has 0 bridgehead atoms. The lowest BCUT2D eigenvalue weighted by molar-refractivity contribution is -0.122. The summed E-state index contributed by atoms with van der Waals surface area (Å²) in [6.45, 7) is 6.56. The first-order chi connectivity index (χ1) is 16.5. The average molecular weight is 481 g/mol. The van der Waals surface area contributed by atoms with Gasteiger partial charge in [0.25, 0.3) is 0 Å². The molecule has 3 rings (SSSR count). The van der Waals surface area contributed by atoms with Crippen LogP contribution < -0.4 is 10.1 Å². The van der Waals surface area contributed by atoms with Crippen LogP contribution in [-0.2, 0) is 16.0 Å². The highest BCUT2D eigenvalue weighted by molar-refractivity contribution is 5.89. The first kappa shape index (κ1) is 25.8. The summed E-state index contributed by atoms with van der Waals surface area (Å²) in [5, 5.41) is 12.5. The Balaban J connectivity index is 1.68. The van der Waals surface area contributed by atoms with Crippen LogP contribution in [0.3, 0.4) is 0 Å². The molecule has 0 spiro atoms. The van der Waals surface area contributed by atoms with E-state index in [1.165, 1.54) is 19.1 Å². The summed E-state index contributed by atoms with van der Waals surface area (Å²) in [6, 6.07) is 17.1. The Hall–Kier alpha value is -3.78. The number of alkyl carbamates (subject to hydrolysis) is 1. The number of benzene rings is 2. The standard InChI is InChI=1S/C27H29FN2O5/c1-17(31)25(30-26(33)35-27(2,3)4)24(32)16-20-6-5-7-23(29-20)18-8-12-21(13-9-18)34-22-14-10-19(28)11-15-22/h5-15,17,25,31H,16H2,1-4H3,(H,30,33)/t17?,25-/m0/s1. The van der Waals surface area contributed by atoms with Crippen molar-refractivity contribution < 1.29 is 28.6 Å². The summed E-state index contributed by atoms with van der Waals surface area (Å²) < 4.78 is 24.0. The highest BCUT2D eigenvalue weighted by atomic mass is 19.1. The van der Waals surface area contributed by atoms with Gasteiger partial charge in [-0.05, 0) is 88.4 Å². The van der Waals surface area contributed by atoms with Crippen LogP contribution in [0.1, 0.15) is 33.4 Å². The SMILES string of the molecule is CC(O)[C@H](NC(=O)OC(C)(C)C)C(=O)Cc1cccc(-c2ccc(Oc3ccc(F)cc3)cc2)n1. The van der Waals surface area contributed by atoms with Crippen LogP contribution in [0.2, 0.25) is 0 Å². The van der Waals surface area contributed by atoms with E-state index in [-0.39, 0.29) is 12.2 Å². The normalized spacial score (nSPS) is 13.0. The lowest BCUT2D eigenvalue weighted by Crippen LogP contribution is -2.49. The molecule has 8 heteroatoms. The molecule has 0 fully saturated rings. The van der Waals surface area contributed by atoms with E-state index in [0.29, 0.717) is 22.9 Å². The number of carbonyl (C=O) groups is 2. The minimum atomic E-state index is -1.13. The molecule has 1 amide bonds. The van der Waals surface area contributed by atoms with Gasteiger partial charge in [-0.3, -0.25) is 9.78 Å². The molecule has 35 heavy (non-hydrogen) atoms. The highest BCUT2D eigenvalue weighted by Crippen LogP contribution is 2.25. The summed E-state index contributed by atoms with van der Waals surface area (Å²) in [5.74, 6) is 0.376. The Kier molecular flexibility index (Phi) is 8.19. The van der Waals surface area contributed by atoms with Gasteiger partial charge in [0.05, 0.1) is 18.2 Å². The second-order valence-corrected chi connectivity index (χ2v) is 9.10. The third-order valence-electron chi connectivity index (χ3n) is 4.86. The number of aliphatic hydroxyl groups excluding tert-OH is 1.